The molecular weight excluding hydrogens is 232 g/mol. The van der Waals surface area contributed by atoms with E-state index in [1.807, 2.05) is 42.6 Å². The number of hydrogen-bond acceptors (Lipinski definition) is 3. The molecule has 0 aliphatic rings. The molecule has 0 bridgehead atoms. The Kier molecular flexibility index (Phi) is 4.18. The molecule has 0 radical (unpaired) electrons. The van der Waals surface area contributed by atoms with E-state index in [4.69, 9.17) is 4.74 Å². The van der Waals surface area contributed by atoms with Crippen LogP contribution in [0.25, 0.3) is 0 Å². The molecule has 0 saturated carbocycles. The lowest BCUT2D eigenvalue weighted by atomic mass is 10.1. The van der Waals surface area contributed by atoms with Gasteiger partial charge in [-0.3, -0.25) is 0 Å². The summed E-state index contributed by atoms with van der Waals surface area (Å²) in [4.78, 5) is 1.21. The van der Waals surface area contributed by atoms with Crippen molar-refractivity contribution in [2.75, 3.05) is 0 Å². The van der Waals surface area contributed by atoms with E-state index in [1.165, 1.54) is 4.88 Å². The second-order valence-corrected chi connectivity index (χ2v) is 4.89. The number of rotatable bonds is 5. The Morgan fingerprint density at radius 3 is 2.59 bits per heavy atom. The molecule has 2 nitrogen and oxygen atoms in total. The third-order valence-corrected chi connectivity index (χ3v) is 3.46. The van der Waals surface area contributed by atoms with Crippen molar-refractivity contribution in [3.63, 3.8) is 0 Å². The van der Waals surface area contributed by atoms with Crippen LogP contribution in [0, 0.1) is 0 Å². The van der Waals surface area contributed by atoms with Crippen LogP contribution >= 0.6 is 11.3 Å². The molecule has 0 spiro atoms. The van der Waals surface area contributed by atoms with E-state index < -0.39 is 0 Å². The molecule has 0 saturated heterocycles. The first-order valence-electron chi connectivity index (χ1n) is 5.73. The normalized spacial score (nSPS) is 12.4. The van der Waals surface area contributed by atoms with Crippen LogP contribution in [0.5, 0.6) is 5.75 Å². The third-order valence-electron chi connectivity index (χ3n) is 2.61. The van der Waals surface area contributed by atoms with Gasteiger partial charge in [-0.25, -0.2) is 0 Å². The lowest BCUT2D eigenvalue weighted by Crippen LogP contribution is -1.96. The molecule has 1 N–H and O–H groups in total. The van der Waals surface area contributed by atoms with Gasteiger partial charge in [0.05, 0.1) is 6.10 Å². The van der Waals surface area contributed by atoms with Gasteiger partial charge in [0, 0.05) is 4.88 Å². The average molecular weight is 248 g/mol. The van der Waals surface area contributed by atoms with Gasteiger partial charge in [-0.1, -0.05) is 25.1 Å². The topological polar surface area (TPSA) is 29.5 Å². The van der Waals surface area contributed by atoms with Crippen LogP contribution in [-0.4, -0.2) is 5.11 Å². The first-order chi connectivity index (χ1) is 8.29. The molecule has 0 aliphatic heterocycles. The van der Waals surface area contributed by atoms with E-state index in [0.717, 1.165) is 17.7 Å². The van der Waals surface area contributed by atoms with E-state index in [-0.39, 0.29) is 6.10 Å². The van der Waals surface area contributed by atoms with Gasteiger partial charge < -0.3 is 9.84 Å². The molecular formula is C14H16O2S. The highest BCUT2D eigenvalue weighted by atomic mass is 32.1. The Bertz CT molecular complexity index is 434. The van der Waals surface area contributed by atoms with Gasteiger partial charge in [0.15, 0.2) is 0 Å². The number of aliphatic hydroxyl groups is 1. The molecule has 1 heterocycles. The predicted octanol–water partition coefficient (Wildman–Crippen LogP) is 3.77. The molecule has 0 aliphatic carbocycles. The van der Waals surface area contributed by atoms with Crippen molar-refractivity contribution in [1.29, 1.82) is 0 Å². The van der Waals surface area contributed by atoms with Crippen molar-refractivity contribution in [2.45, 2.75) is 26.1 Å². The summed E-state index contributed by atoms with van der Waals surface area (Å²) in [6, 6.07) is 11.7. The Hall–Kier alpha value is -1.32. The van der Waals surface area contributed by atoms with Crippen molar-refractivity contribution < 1.29 is 9.84 Å². The van der Waals surface area contributed by atoms with Crippen molar-refractivity contribution >= 4 is 11.3 Å². The zero-order chi connectivity index (χ0) is 12.1. The largest absolute Gasteiger partial charge is 0.488 e. The number of benzene rings is 1. The maximum absolute atomic E-state index is 9.66. The Morgan fingerprint density at radius 2 is 2.00 bits per heavy atom. The van der Waals surface area contributed by atoms with Gasteiger partial charge in [0.2, 0.25) is 0 Å². The van der Waals surface area contributed by atoms with E-state index in [2.05, 4.69) is 6.07 Å². The minimum absolute atomic E-state index is 0.374. The van der Waals surface area contributed by atoms with Gasteiger partial charge in [-0.05, 0) is 35.6 Å². The molecule has 0 unspecified atom stereocenters. The highest BCUT2D eigenvalue weighted by Gasteiger charge is 2.04. The van der Waals surface area contributed by atoms with Crippen molar-refractivity contribution in [3.05, 3.63) is 52.2 Å². The van der Waals surface area contributed by atoms with Crippen molar-refractivity contribution in [1.82, 2.24) is 0 Å². The fourth-order valence-corrected chi connectivity index (χ4v) is 2.19. The Morgan fingerprint density at radius 1 is 1.24 bits per heavy atom. The molecule has 0 amide bonds. The van der Waals surface area contributed by atoms with Crippen LogP contribution in [0.3, 0.4) is 0 Å². The second kappa shape index (κ2) is 5.84. The summed E-state index contributed by atoms with van der Waals surface area (Å²) in [7, 11) is 0. The van der Waals surface area contributed by atoms with Crippen LogP contribution in [-0.2, 0) is 6.61 Å². The number of thiophene rings is 1. The average Bonchev–Trinajstić information content (AvgIpc) is 2.89. The van der Waals surface area contributed by atoms with Crippen LogP contribution < -0.4 is 4.74 Å². The zero-order valence-electron chi connectivity index (χ0n) is 9.80. The summed E-state index contributed by atoms with van der Waals surface area (Å²) >= 11 is 1.69. The van der Waals surface area contributed by atoms with Gasteiger partial charge >= 0.3 is 0 Å². The summed E-state index contributed by atoms with van der Waals surface area (Å²) in [5.74, 6) is 0.838. The lowest BCUT2D eigenvalue weighted by molar-refractivity contribution is 0.173. The minimum atomic E-state index is -0.374. The van der Waals surface area contributed by atoms with E-state index in [1.54, 1.807) is 11.3 Å². The Labute approximate surface area is 105 Å². The number of ether oxygens (including phenoxy) is 1. The SMILES string of the molecule is CC[C@@H](O)c1ccc(OCc2cccs2)cc1. The summed E-state index contributed by atoms with van der Waals surface area (Å²) in [5, 5.41) is 11.7. The van der Waals surface area contributed by atoms with Crippen LogP contribution in [0.2, 0.25) is 0 Å². The first-order valence-corrected chi connectivity index (χ1v) is 6.60. The van der Waals surface area contributed by atoms with E-state index in [0.29, 0.717) is 6.61 Å². The van der Waals surface area contributed by atoms with Crippen molar-refractivity contribution in [3.8, 4) is 5.75 Å². The summed E-state index contributed by atoms with van der Waals surface area (Å²) in [5.41, 5.74) is 0.941. The molecule has 0 fully saturated rings. The molecule has 1 aromatic heterocycles. The summed E-state index contributed by atoms with van der Waals surface area (Å²) in [6.45, 7) is 2.57. The predicted molar refractivity (Wildman–Crippen MR) is 70.3 cm³/mol. The third kappa shape index (κ3) is 3.32. The van der Waals surface area contributed by atoms with Gasteiger partial charge in [0.25, 0.3) is 0 Å². The molecule has 1 aromatic carbocycles. The second-order valence-electron chi connectivity index (χ2n) is 3.86. The maximum atomic E-state index is 9.66. The highest BCUT2D eigenvalue weighted by molar-refractivity contribution is 7.09. The zero-order valence-corrected chi connectivity index (χ0v) is 10.6. The fraction of sp³-hybridized carbons (Fsp3) is 0.286. The summed E-state index contributed by atoms with van der Waals surface area (Å²) in [6.07, 6.45) is 0.358. The van der Waals surface area contributed by atoms with Crippen LogP contribution in [0.15, 0.2) is 41.8 Å². The quantitative estimate of drug-likeness (QED) is 0.872. The number of aliphatic hydroxyl groups excluding tert-OH is 1. The molecule has 2 rings (SSSR count). The van der Waals surface area contributed by atoms with Gasteiger partial charge in [0.1, 0.15) is 12.4 Å². The Balaban J connectivity index is 1.94. The van der Waals surface area contributed by atoms with Crippen LogP contribution in [0.1, 0.15) is 29.9 Å². The molecule has 2 aromatic rings. The van der Waals surface area contributed by atoms with Crippen molar-refractivity contribution in [2.24, 2.45) is 0 Å². The standard InChI is InChI=1S/C14H16O2S/c1-2-14(15)11-5-7-12(8-6-11)16-10-13-4-3-9-17-13/h3-9,14-15H,2,10H2,1H3/t14-/m1/s1. The van der Waals surface area contributed by atoms with Crippen LogP contribution in [0.4, 0.5) is 0 Å². The number of hydrogen-bond donors (Lipinski definition) is 1. The monoisotopic (exact) mass is 248 g/mol. The highest BCUT2D eigenvalue weighted by Crippen LogP contribution is 2.21. The van der Waals surface area contributed by atoms with E-state index >= 15 is 0 Å². The fourth-order valence-electron chi connectivity index (χ4n) is 1.57. The smallest absolute Gasteiger partial charge is 0.122 e. The first kappa shape index (κ1) is 12.1. The molecule has 17 heavy (non-hydrogen) atoms. The maximum Gasteiger partial charge on any atom is 0.122 e. The molecule has 3 heteroatoms. The van der Waals surface area contributed by atoms with Gasteiger partial charge in [-0.15, -0.1) is 11.3 Å². The minimum Gasteiger partial charge on any atom is -0.488 e. The lowest BCUT2D eigenvalue weighted by Gasteiger charge is -2.09. The molecule has 1 atom stereocenters. The van der Waals surface area contributed by atoms with E-state index in [9.17, 15) is 5.11 Å². The van der Waals surface area contributed by atoms with Gasteiger partial charge in [-0.2, -0.15) is 0 Å². The summed E-state index contributed by atoms with van der Waals surface area (Å²) < 4.78 is 5.65. The molecule has 90 valence electrons.